The molecule has 1 heterocycles. The molecular formula is C16H21F3N2. The van der Waals surface area contributed by atoms with Crippen molar-refractivity contribution >= 4 is 0 Å². The lowest BCUT2D eigenvalue weighted by atomic mass is 9.65. The van der Waals surface area contributed by atoms with Gasteiger partial charge in [0, 0.05) is 23.3 Å². The molecule has 1 aromatic rings. The van der Waals surface area contributed by atoms with E-state index in [1.807, 2.05) is 12.1 Å². The molecule has 2 aliphatic carbocycles. The van der Waals surface area contributed by atoms with Gasteiger partial charge in [-0.3, -0.25) is 4.98 Å². The van der Waals surface area contributed by atoms with Crippen molar-refractivity contribution in [1.29, 1.82) is 0 Å². The SMILES string of the molecule is NC1(C2CCCc3cccnc32)CCCC(C(F)(F)F)C1. The van der Waals surface area contributed by atoms with Crippen molar-refractivity contribution in [2.24, 2.45) is 11.7 Å². The van der Waals surface area contributed by atoms with E-state index < -0.39 is 17.6 Å². The highest BCUT2D eigenvalue weighted by atomic mass is 19.4. The molecule has 1 saturated carbocycles. The second-order valence-electron chi connectivity index (χ2n) is 6.56. The number of aromatic nitrogens is 1. The van der Waals surface area contributed by atoms with Gasteiger partial charge in [0.1, 0.15) is 0 Å². The second kappa shape index (κ2) is 5.27. The molecule has 3 unspecified atom stereocenters. The number of pyridine rings is 1. The number of alkyl halides is 3. The van der Waals surface area contributed by atoms with Crippen molar-refractivity contribution in [3.63, 3.8) is 0 Å². The van der Waals surface area contributed by atoms with E-state index in [1.54, 1.807) is 6.20 Å². The van der Waals surface area contributed by atoms with E-state index in [2.05, 4.69) is 4.98 Å². The summed E-state index contributed by atoms with van der Waals surface area (Å²) in [5, 5.41) is 0. The maximum Gasteiger partial charge on any atom is 0.391 e. The molecule has 1 fully saturated rings. The number of nitrogens with two attached hydrogens (primary N) is 1. The Balaban J connectivity index is 1.89. The quantitative estimate of drug-likeness (QED) is 0.852. The third-order valence-electron chi connectivity index (χ3n) is 5.17. The first kappa shape index (κ1) is 14.8. The molecule has 5 heteroatoms. The van der Waals surface area contributed by atoms with E-state index in [0.717, 1.165) is 30.5 Å². The van der Waals surface area contributed by atoms with Gasteiger partial charge in [0.15, 0.2) is 0 Å². The van der Waals surface area contributed by atoms with Gasteiger partial charge in [-0.2, -0.15) is 13.2 Å². The smallest absolute Gasteiger partial charge is 0.324 e. The van der Waals surface area contributed by atoms with Crippen LogP contribution < -0.4 is 5.73 Å². The van der Waals surface area contributed by atoms with Crippen LogP contribution in [-0.2, 0) is 6.42 Å². The van der Waals surface area contributed by atoms with E-state index in [4.69, 9.17) is 5.73 Å². The van der Waals surface area contributed by atoms with Crippen LogP contribution in [0.4, 0.5) is 13.2 Å². The number of hydrogen-bond donors (Lipinski definition) is 1. The lowest BCUT2D eigenvalue weighted by Crippen LogP contribution is -2.52. The van der Waals surface area contributed by atoms with Gasteiger partial charge in [0.05, 0.1) is 5.92 Å². The first-order valence-corrected chi connectivity index (χ1v) is 7.69. The van der Waals surface area contributed by atoms with Crippen LogP contribution in [-0.4, -0.2) is 16.7 Å². The maximum absolute atomic E-state index is 13.1. The predicted octanol–water partition coefficient (Wildman–Crippen LogP) is 3.95. The Labute approximate surface area is 122 Å². The molecule has 0 bridgehead atoms. The van der Waals surface area contributed by atoms with Gasteiger partial charge in [0.2, 0.25) is 0 Å². The van der Waals surface area contributed by atoms with Crippen molar-refractivity contribution in [1.82, 2.24) is 4.98 Å². The Kier molecular flexibility index (Phi) is 3.72. The topological polar surface area (TPSA) is 38.9 Å². The molecule has 0 aromatic carbocycles. The summed E-state index contributed by atoms with van der Waals surface area (Å²) in [5.74, 6) is -1.29. The molecule has 0 amide bonds. The number of halogens is 3. The standard InChI is InChI=1S/C16H21F3N2/c17-16(18,19)12-6-2-8-15(20,10-12)13-7-1-4-11-5-3-9-21-14(11)13/h3,5,9,12-13H,1-2,4,6-8,10,20H2. The number of hydrogen-bond acceptors (Lipinski definition) is 2. The summed E-state index contributed by atoms with van der Waals surface area (Å²) in [6, 6.07) is 3.92. The molecule has 2 N–H and O–H groups in total. The van der Waals surface area contributed by atoms with Crippen LogP contribution in [0.5, 0.6) is 0 Å². The minimum atomic E-state index is -4.13. The molecule has 0 saturated heterocycles. The van der Waals surface area contributed by atoms with Crippen LogP contribution >= 0.6 is 0 Å². The van der Waals surface area contributed by atoms with Gasteiger partial charge in [-0.15, -0.1) is 0 Å². The fourth-order valence-corrected chi connectivity index (χ4v) is 4.11. The Morgan fingerprint density at radius 2 is 2.05 bits per heavy atom. The summed E-state index contributed by atoms with van der Waals surface area (Å²) in [4.78, 5) is 4.45. The molecule has 0 spiro atoms. The Morgan fingerprint density at radius 3 is 2.81 bits per heavy atom. The molecular weight excluding hydrogens is 277 g/mol. The second-order valence-corrected chi connectivity index (χ2v) is 6.56. The van der Waals surface area contributed by atoms with E-state index in [9.17, 15) is 13.2 Å². The minimum absolute atomic E-state index is 0.0346. The van der Waals surface area contributed by atoms with Crippen LogP contribution in [0.3, 0.4) is 0 Å². The number of nitrogens with zero attached hydrogens (tertiary/aromatic N) is 1. The average molecular weight is 298 g/mol. The fraction of sp³-hybridized carbons (Fsp3) is 0.688. The zero-order valence-corrected chi connectivity index (χ0v) is 12.0. The largest absolute Gasteiger partial charge is 0.391 e. The highest BCUT2D eigenvalue weighted by Crippen LogP contribution is 2.48. The molecule has 21 heavy (non-hydrogen) atoms. The maximum atomic E-state index is 13.1. The van der Waals surface area contributed by atoms with Gasteiger partial charge in [-0.05, 0) is 50.2 Å². The molecule has 3 rings (SSSR count). The highest BCUT2D eigenvalue weighted by Gasteiger charge is 2.49. The zero-order chi connectivity index (χ0) is 15.1. The van der Waals surface area contributed by atoms with Crippen LogP contribution in [0.1, 0.15) is 55.7 Å². The Morgan fingerprint density at radius 1 is 1.24 bits per heavy atom. The third-order valence-corrected chi connectivity index (χ3v) is 5.17. The monoisotopic (exact) mass is 298 g/mol. The normalized spacial score (nSPS) is 33.5. The lowest BCUT2D eigenvalue weighted by Gasteiger charge is -2.45. The van der Waals surface area contributed by atoms with E-state index in [-0.39, 0.29) is 18.8 Å². The predicted molar refractivity (Wildman–Crippen MR) is 74.8 cm³/mol. The molecule has 0 radical (unpaired) electrons. The Bertz CT molecular complexity index is 514. The molecule has 1 aromatic heterocycles. The number of fused-ring (bicyclic) bond motifs is 1. The third kappa shape index (κ3) is 2.80. The average Bonchev–Trinajstić information content (AvgIpc) is 2.46. The highest BCUT2D eigenvalue weighted by molar-refractivity contribution is 5.29. The number of aryl methyl sites for hydroxylation is 1. The molecule has 0 aliphatic heterocycles. The number of rotatable bonds is 1. The summed E-state index contributed by atoms with van der Waals surface area (Å²) >= 11 is 0. The molecule has 3 atom stereocenters. The van der Waals surface area contributed by atoms with Crippen molar-refractivity contribution in [3.05, 3.63) is 29.6 Å². The van der Waals surface area contributed by atoms with Crippen LogP contribution in [0, 0.1) is 5.92 Å². The van der Waals surface area contributed by atoms with Crippen molar-refractivity contribution in [3.8, 4) is 0 Å². The first-order valence-electron chi connectivity index (χ1n) is 7.69. The van der Waals surface area contributed by atoms with Crippen molar-refractivity contribution in [2.45, 2.75) is 62.6 Å². The van der Waals surface area contributed by atoms with Gasteiger partial charge < -0.3 is 5.73 Å². The molecule has 2 aliphatic rings. The summed E-state index contributed by atoms with van der Waals surface area (Å²) in [6.07, 6.45) is 1.86. The van der Waals surface area contributed by atoms with Crippen molar-refractivity contribution in [2.75, 3.05) is 0 Å². The van der Waals surface area contributed by atoms with Gasteiger partial charge in [-0.1, -0.05) is 12.5 Å². The van der Waals surface area contributed by atoms with Crippen molar-refractivity contribution < 1.29 is 13.2 Å². The van der Waals surface area contributed by atoms with Gasteiger partial charge in [0.25, 0.3) is 0 Å². The fourth-order valence-electron chi connectivity index (χ4n) is 4.11. The van der Waals surface area contributed by atoms with Crippen LogP contribution in [0.2, 0.25) is 0 Å². The van der Waals surface area contributed by atoms with Gasteiger partial charge >= 0.3 is 6.18 Å². The summed E-state index contributed by atoms with van der Waals surface area (Å²) < 4.78 is 39.2. The first-order chi connectivity index (χ1) is 9.90. The molecule has 2 nitrogen and oxygen atoms in total. The van der Waals surface area contributed by atoms with Crippen LogP contribution in [0.15, 0.2) is 18.3 Å². The lowest BCUT2D eigenvalue weighted by molar-refractivity contribution is -0.188. The van der Waals surface area contributed by atoms with E-state index in [1.165, 1.54) is 0 Å². The summed E-state index contributed by atoms with van der Waals surface area (Å²) in [7, 11) is 0. The summed E-state index contributed by atoms with van der Waals surface area (Å²) in [5.41, 5.74) is 7.83. The Hall–Kier alpha value is -1.10. The van der Waals surface area contributed by atoms with E-state index >= 15 is 0 Å². The van der Waals surface area contributed by atoms with Crippen LogP contribution in [0.25, 0.3) is 0 Å². The van der Waals surface area contributed by atoms with E-state index in [0.29, 0.717) is 12.8 Å². The zero-order valence-electron chi connectivity index (χ0n) is 12.0. The summed E-state index contributed by atoms with van der Waals surface area (Å²) in [6.45, 7) is 0. The van der Waals surface area contributed by atoms with Gasteiger partial charge in [-0.25, -0.2) is 0 Å². The molecule has 116 valence electrons. The minimum Gasteiger partial charge on any atom is -0.324 e.